The predicted octanol–water partition coefficient (Wildman–Crippen LogP) is 1.95. The zero-order valence-corrected chi connectivity index (χ0v) is 13.9. The molecule has 0 aromatic heterocycles. The monoisotopic (exact) mass is 307 g/mol. The van der Waals surface area contributed by atoms with Gasteiger partial charge in [0, 0.05) is 39.5 Å². The molecule has 5 heteroatoms. The molecule has 1 aromatic rings. The third-order valence-electron chi connectivity index (χ3n) is 3.36. The highest BCUT2D eigenvalue weighted by Crippen LogP contribution is 2.07. The first kappa shape index (κ1) is 17.6. The van der Waals surface area contributed by atoms with Gasteiger partial charge < -0.3 is 15.5 Å². The van der Waals surface area contributed by atoms with Gasteiger partial charge in [0.15, 0.2) is 0 Å². The maximum absolute atomic E-state index is 12.0. The van der Waals surface area contributed by atoms with Crippen LogP contribution in [0.2, 0.25) is 0 Å². The van der Waals surface area contributed by atoms with Crippen LogP contribution in [0.5, 0.6) is 0 Å². The zero-order valence-electron chi connectivity index (χ0n) is 13.1. The fourth-order valence-corrected chi connectivity index (χ4v) is 2.17. The Kier molecular flexibility index (Phi) is 7.32. The van der Waals surface area contributed by atoms with E-state index in [2.05, 4.69) is 36.1 Å². The number of carbonyl (C=O) groups excluding carboxylic acids is 1. The molecule has 0 bridgehead atoms. The number of amides is 1. The second kappa shape index (κ2) is 8.74. The molecule has 1 amide bonds. The van der Waals surface area contributed by atoms with Crippen molar-refractivity contribution in [2.45, 2.75) is 26.3 Å². The van der Waals surface area contributed by atoms with E-state index in [0.29, 0.717) is 24.4 Å². The van der Waals surface area contributed by atoms with Crippen LogP contribution in [0.1, 0.15) is 24.0 Å². The molecule has 1 aromatic carbocycles. The third kappa shape index (κ3) is 7.20. The van der Waals surface area contributed by atoms with Crippen LogP contribution < -0.4 is 5.73 Å². The van der Waals surface area contributed by atoms with Gasteiger partial charge in [0.25, 0.3) is 0 Å². The van der Waals surface area contributed by atoms with Gasteiger partial charge in [-0.05, 0) is 19.5 Å². The lowest BCUT2D eigenvalue weighted by atomic mass is 10.1. The average Bonchev–Trinajstić information content (AvgIpc) is 2.42. The highest BCUT2D eigenvalue weighted by molar-refractivity contribution is 7.80. The van der Waals surface area contributed by atoms with E-state index in [4.69, 9.17) is 18.0 Å². The van der Waals surface area contributed by atoms with Gasteiger partial charge in [0.05, 0.1) is 4.99 Å². The standard InChI is InChI=1S/C16H25N3OS/c1-13-5-4-6-14(11-13)12-18(2)9-8-16(20)19(3)10-7-15(17)21/h4-6,11H,7-10,12H2,1-3H3,(H2,17,21). The van der Waals surface area contributed by atoms with E-state index in [1.807, 2.05) is 7.05 Å². The normalized spacial score (nSPS) is 10.7. The molecule has 116 valence electrons. The number of hydrogen-bond acceptors (Lipinski definition) is 3. The highest BCUT2D eigenvalue weighted by atomic mass is 32.1. The van der Waals surface area contributed by atoms with Crippen LogP contribution in [0.4, 0.5) is 0 Å². The van der Waals surface area contributed by atoms with E-state index < -0.39 is 0 Å². The summed E-state index contributed by atoms with van der Waals surface area (Å²) in [6.45, 7) is 4.27. The van der Waals surface area contributed by atoms with Gasteiger partial charge in [0.1, 0.15) is 0 Å². The number of aryl methyl sites for hydroxylation is 1. The number of hydrogen-bond donors (Lipinski definition) is 1. The molecule has 0 heterocycles. The lowest BCUT2D eigenvalue weighted by Crippen LogP contribution is -2.32. The zero-order chi connectivity index (χ0) is 15.8. The van der Waals surface area contributed by atoms with Crippen molar-refractivity contribution in [3.63, 3.8) is 0 Å². The second-order valence-electron chi connectivity index (χ2n) is 5.51. The number of thiocarbonyl (C=S) groups is 1. The number of nitrogens with two attached hydrogens (primary N) is 1. The van der Waals surface area contributed by atoms with Crippen molar-refractivity contribution in [1.29, 1.82) is 0 Å². The Bertz CT molecular complexity index is 490. The van der Waals surface area contributed by atoms with E-state index in [0.717, 1.165) is 13.1 Å². The van der Waals surface area contributed by atoms with Crippen molar-refractivity contribution in [3.05, 3.63) is 35.4 Å². The number of rotatable bonds is 8. The lowest BCUT2D eigenvalue weighted by Gasteiger charge is -2.20. The van der Waals surface area contributed by atoms with E-state index in [9.17, 15) is 4.79 Å². The van der Waals surface area contributed by atoms with Crippen LogP contribution in [0, 0.1) is 6.92 Å². The highest BCUT2D eigenvalue weighted by Gasteiger charge is 2.10. The molecular formula is C16H25N3OS. The molecule has 0 saturated heterocycles. The Morgan fingerprint density at radius 2 is 1.95 bits per heavy atom. The summed E-state index contributed by atoms with van der Waals surface area (Å²) in [6.07, 6.45) is 1.09. The molecule has 0 fully saturated rings. The van der Waals surface area contributed by atoms with Crippen LogP contribution >= 0.6 is 12.2 Å². The van der Waals surface area contributed by atoms with Gasteiger partial charge in [0.2, 0.25) is 5.91 Å². The SMILES string of the molecule is Cc1cccc(CN(C)CCC(=O)N(C)CCC(N)=S)c1. The summed E-state index contributed by atoms with van der Waals surface area (Å²) in [6, 6.07) is 8.43. The van der Waals surface area contributed by atoms with Gasteiger partial charge >= 0.3 is 0 Å². The molecule has 1 rings (SSSR count). The summed E-state index contributed by atoms with van der Waals surface area (Å²) in [5.74, 6) is 0.127. The van der Waals surface area contributed by atoms with Crippen molar-refractivity contribution in [2.75, 3.05) is 27.2 Å². The fourth-order valence-electron chi connectivity index (χ4n) is 2.08. The first-order valence-electron chi connectivity index (χ1n) is 7.15. The summed E-state index contributed by atoms with van der Waals surface area (Å²) in [5, 5.41) is 0. The Morgan fingerprint density at radius 1 is 1.24 bits per heavy atom. The van der Waals surface area contributed by atoms with Crippen molar-refractivity contribution < 1.29 is 4.79 Å². The van der Waals surface area contributed by atoms with E-state index >= 15 is 0 Å². The quantitative estimate of drug-likeness (QED) is 0.746. The minimum absolute atomic E-state index is 0.127. The molecule has 0 aliphatic carbocycles. The van der Waals surface area contributed by atoms with Crippen LogP contribution in [-0.2, 0) is 11.3 Å². The number of benzene rings is 1. The summed E-state index contributed by atoms with van der Waals surface area (Å²) < 4.78 is 0. The molecular weight excluding hydrogens is 282 g/mol. The van der Waals surface area contributed by atoms with Crippen molar-refractivity contribution >= 4 is 23.1 Å². The summed E-state index contributed by atoms with van der Waals surface area (Å²) in [7, 11) is 3.83. The Morgan fingerprint density at radius 3 is 2.57 bits per heavy atom. The molecule has 4 nitrogen and oxygen atoms in total. The fraction of sp³-hybridized carbons (Fsp3) is 0.500. The van der Waals surface area contributed by atoms with Gasteiger partial charge in [-0.25, -0.2) is 0 Å². The van der Waals surface area contributed by atoms with E-state index in [-0.39, 0.29) is 5.91 Å². The van der Waals surface area contributed by atoms with Crippen molar-refractivity contribution in [3.8, 4) is 0 Å². The molecule has 2 N–H and O–H groups in total. The Labute approximate surface area is 132 Å². The van der Waals surface area contributed by atoms with Crippen molar-refractivity contribution in [2.24, 2.45) is 5.73 Å². The largest absolute Gasteiger partial charge is 0.393 e. The van der Waals surface area contributed by atoms with Gasteiger partial charge in [-0.2, -0.15) is 0 Å². The van der Waals surface area contributed by atoms with E-state index in [1.54, 1.807) is 11.9 Å². The summed E-state index contributed by atoms with van der Waals surface area (Å²) >= 11 is 4.82. The maximum atomic E-state index is 12.0. The maximum Gasteiger partial charge on any atom is 0.223 e. The summed E-state index contributed by atoms with van der Waals surface area (Å²) in [4.78, 5) is 16.3. The van der Waals surface area contributed by atoms with Crippen LogP contribution in [0.3, 0.4) is 0 Å². The first-order valence-corrected chi connectivity index (χ1v) is 7.55. The topological polar surface area (TPSA) is 49.6 Å². The van der Waals surface area contributed by atoms with Crippen LogP contribution in [-0.4, -0.2) is 47.9 Å². The molecule has 0 atom stereocenters. The molecule has 0 radical (unpaired) electrons. The third-order valence-corrected chi connectivity index (χ3v) is 3.57. The first-order chi connectivity index (χ1) is 9.88. The number of carbonyl (C=O) groups is 1. The lowest BCUT2D eigenvalue weighted by molar-refractivity contribution is -0.130. The number of nitrogens with zero attached hydrogens (tertiary/aromatic N) is 2. The second-order valence-corrected chi connectivity index (χ2v) is 6.03. The average molecular weight is 307 g/mol. The minimum atomic E-state index is 0.127. The minimum Gasteiger partial charge on any atom is -0.393 e. The molecule has 0 aliphatic heterocycles. The smallest absolute Gasteiger partial charge is 0.223 e. The van der Waals surface area contributed by atoms with Gasteiger partial charge in [-0.3, -0.25) is 4.79 Å². The van der Waals surface area contributed by atoms with Gasteiger partial charge in [-0.1, -0.05) is 42.0 Å². The van der Waals surface area contributed by atoms with Crippen molar-refractivity contribution in [1.82, 2.24) is 9.80 Å². The molecule has 0 aliphatic rings. The molecule has 0 saturated carbocycles. The Hall–Kier alpha value is -1.46. The Balaban J connectivity index is 2.33. The van der Waals surface area contributed by atoms with Gasteiger partial charge in [-0.15, -0.1) is 0 Å². The summed E-state index contributed by atoms with van der Waals surface area (Å²) in [5.41, 5.74) is 7.98. The molecule has 21 heavy (non-hydrogen) atoms. The van der Waals surface area contributed by atoms with Crippen LogP contribution in [0.15, 0.2) is 24.3 Å². The predicted molar refractivity (Wildman–Crippen MR) is 91.2 cm³/mol. The molecule has 0 unspecified atom stereocenters. The van der Waals surface area contributed by atoms with Crippen LogP contribution in [0.25, 0.3) is 0 Å². The molecule has 0 spiro atoms. The van der Waals surface area contributed by atoms with E-state index in [1.165, 1.54) is 11.1 Å².